The number of nitrogen functional groups attached to an aromatic ring is 1. The fourth-order valence-electron chi connectivity index (χ4n) is 1.40. The van der Waals surface area contributed by atoms with E-state index in [1.54, 1.807) is 0 Å². The van der Waals surface area contributed by atoms with E-state index in [1.807, 2.05) is 26.8 Å². The minimum absolute atomic E-state index is 0.0409. The number of nitriles is 1. The van der Waals surface area contributed by atoms with Gasteiger partial charge in [-0.25, -0.2) is 4.39 Å². The van der Waals surface area contributed by atoms with Crippen LogP contribution in [0.15, 0.2) is 6.07 Å². The second kappa shape index (κ2) is 3.71. The lowest BCUT2D eigenvalue weighted by Crippen LogP contribution is -2.16. The van der Waals surface area contributed by atoms with Crippen molar-refractivity contribution in [2.24, 2.45) is 0 Å². The van der Waals surface area contributed by atoms with Crippen LogP contribution >= 0.6 is 11.6 Å². The van der Waals surface area contributed by atoms with Crippen LogP contribution in [0.1, 0.15) is 31.9 Å². The van der Waals surface area contributed by atoms with Crippen LogP contribution < -0.4 is 5.73 Å². The van der Waals surface area contributed by atoms with Crippen molar-refractivity contribution in [3.63, 3.8) is 0 Å². The van der Waals surface area contributed by atoms with Gasteiger partial charge in [-0.05, 0) is 11.5 Å². The molecule has 15 heavy (non-hydrogen) atoms. The van der Waals surface area contributed by atoms with Gasteiger partial charge in [-0.2, -0.15) is 5.26 Å². The van der Waals surface area contributed by atoms with Gasteiger partial charge in [0.25, 0.3) is 0 Å². The zero-order valence-corrected chi connectivity index (χ0v) is 9.61. The maximum Gasteiger partial charge on any atom is 0.151 e. The molecule has 0 heterocycles. The van der Waals surface area contributed by atoms with Crippen molar-refractivity contribution in [2.75, 3.05) is 5.73 Å². The van der Waals surface area contributed by atoms with Crippen LogP contribution in [-0.4, -0.2) is 0 Å². The quantitative estimate of drug-likeness (QED) is 0.691. The number of nitrogens with two attached hydrogens (primary N) is 1. The molecule has 0 amide bonds. The molecule has 80 valence electrons. The molecule has 0 saturated carbocycles. The van der Waals surface area contributed by atoms with E-state index in [0.717, 1.165) is 0 Å². The third-order valence-corrected chi connectivity index (χ3v) is 2.49. The summed E-state index contributed by atoms with van der Waals surface area (Å²) in [6, 6.07) is 3.15. The maximum absolute atomic E-state index is 13.8. The largest absolute Gasteiger partial charge is 0.396 e. The predicted octanol–water partition coefficient (Wildman–Crippen LogP) is 3.23. The maximum atomic E-state index is 13.8. The molecule has 1 rings (SSSR count). The van der Waals surface area contributed by atoms with Crippen LogP contribution in [-0.2, 0) is 5.41 Å². The average molecular weight is 227 g/mol. The predicted molar refractivity (Wildman–Crippen MR) is 59.2 cm³/mol. The second-order valence-electron chi connectivity index (χ2n) is 4.38. The van der Waals surface area contributed by atoms with Gasteiger partial charge >= 0.3 is 0 Å². The fraction of sp³-hybridized carbons (Fsp3) is 0.364. The van der Waals surface area contributed by atoms with Crippen molar-refractivity contribution in [1.29, 1.82) is 5.26 Å². The Hall–Kier alpha value is -1.27. The first-order valence-electron chi connectivity index (χ1n) is 4.47. The molecule has 0 unspecified atom stereocenters. The smallest absolute Gasteiger partial charge is 0.151 e. The highest BCUT2D eigenvalue weighted by Crippen LogP contribution is 2.36. The number of rotatable bonds is 0. The molecule has 0 spiro atoms. The Morgan fingerprint density at radius 3 is 2.40 bits per heavy atom. The van der Waals surface area contributed by atoms with Crippen LogP contribution in [0, 0.1) is 17.1 Å². The van der Waals surface area contributed by atoms with Gasteiger partial charge in [-0.1, -0.05) is 32.4 Å². The summed E-state index contributed by atoms with van der Waals surface area (Å²) in [5, 5.41) is 8.96. The van der Waals surface area contributed by atoms with E-state index >= 15 is 0 Å². The van der Waals surface area contributed by atoms with Crippen LogP contribution in [0.3, 0.4) is 0 Å². The zero-order chi connectivity index (χ0) is 11.8. The molecule has 0 bridgehead atoms. The average Bonchev–Trinajstić information content (AvgIpc) is 2.09. The molecule has 0 aliphatic rings. The minimum atomic E-state index is -0.536. The molecule has 1 aromatic rings. The highest BCUT2D eigenvalue weighted by molar-refractivity contribution is 6.32. The molecule has 0 radical (unpaired) electrons. The van der Waals surface area contributed by atoms with Crippen molar-refractivity contribution in [3.05, 3.63) is 28.0 Å². The standard InChI is InChI=1S/C11H12ClFN2/c1-11(2,3)8-9(12)6(5-14)4-7(15)10(8)13/h4H,15H2,1-3H3. The molecule has 4 heteroatoms. The van der Waals surface area contributed by atoms with E-state index < -0.39 is 11.2 Å². The van der Waals surface area contributed by atoms with E-state index in [4.69, 9.17) is 22.6 Å². The number of anilines is 1. The third-order valence-electron chi connectivity index (χ3n) is 2.10. The molecular weight excluding hydrogens is 215 g/mol. The first-order chi connectivity index (χ1) is 6.79. The summed E-state index contributed by atoms with van der Waals surface area (Å²) in [6.07, 6.45) is 0. The summed E-state index contributed by atoms with van der Waals surface area (Å²) in [5.74, 6) is -0.536. The first-order valence-corrected chi connectivity index (χ1v) is 4.85. The van der Waals surface area contributed by atoms with Gasteiger partial charge in [0.1, 0.15) is 6.07 Å². The minimum Gasteiger partial charge on any atom is -0.396 e. The summed E-state index contributed by atoms with van der Waals surface area (Å²) in [6.45, 7) is 5.45. The van der Waals surface area contributed by atoms with Crippen LogP contribution in [0.4, 0.5) is 10.1 Å². The molecule has 0 aliphatic heterocycles. The Kier molecular flexibility index (Phi) is 2.92. The summed E-state index contributed by atoms with van der Waals surface area (Å²) >= 11 is 5.95. The van der Waals surface area contributed by atoms with Crippen molar-refractivity contribution < 1.29 is 4.39 Å². The van der Waals surface area contributed by atoms with Gasteiger partial charge in [0.15, 0.2) is 5.82 Å². The summed E-state index contributed by atoms with van der Waals surface area (Å²) < 4.78 is 13.8. The Bertz CT molecular complexity index is 441. The second-order valence-corrected chi connectivity index (χ2v) is 4.76. The molecule has 0 saturated heterocycles. The SMILES string of the molecule is CC(C)(C)c1c(F)c(N)cc(C#N)c1Cl. The Labute approximate surface area is 93.5 Å². The van der Waals surface area contributed by atoms with Gasteiger partial charge in [-0.15, -0.1) is 0 Å². The summed E-state index contributed by atoms with van der Waals surface area (Å²) in [7, 11) is 0. The van der Waals surface area contributed by atoms with E-state index in [2.05, 4.69) is 0 Å². The molecule has 0 atom stereocenters. The lowest BCUT2D eigenvalue weighted by atomic mass is 9.85. The van der Waals surface area contributed by atoms with Gasteiger partial charge in [0, 0.05) is 5.56 Å². The number of nitrogens with zero attached hydrogens (tertiary/aromatic N) is 1. The van der Waals surface area contributed by atoms with Crippen LogP contribution in [0.25, 0.3) is 0 Å². The highest BCUT2D eigenvalue weighted by Gasteiger charge is 2.25. The first kappa shape index (κ1) is 11.8. The number of hydrogen-bond acceptors (Lipinski definition) is 2. The Morgan fingerprint density at radius 2 is 2.00 bits per heavy atom. The van der Waals surface area contributed by atoms with Crippen molar-refractivity contribution in [1.82, 2.24) is 0 Å². The lowest BCUT2D eigenvalue weighted by Gasteiger charge is -2.22. The van der Waals surface area contributed by atoms with Gasteiger partial charge in [0.05, 0.1) is 16.3 Å². The Morgan fingerprint density at radius 1 is 1.47 bits per heavy atom. The van der Waals surface area contributed by atoms with E-state index in [-0.39, 0.29) is 16.3 Å². The molecule has 2 nitrogen and oxygen atoms in total. The molecule has 1 aromatic carbocycles. The van der Waals surface area contributed by atoms with Gasteiger partial charge in [0.2, 0.25) is 0 Å². The third kappa shape index (κ3) is 2.05. The zero-order valence-electron chi connectivity index (χ0n) is 8.86. The molecule has 0 aliphatic carbocycles. The number of benzene rings is 1. The van der Waals surface area contributed by atoms with Crippen molar-refractivity contribution >= 4 is 17.3 Å². The molecular formula is C11H12ClFN2. The molecule has 2 N–H and O–H groups in total. The summed E-state index contributed by atoms with van der Waals surface area (Å²) in [4.78, 5) is 0. The Balaban J connectivity index is 3.64. The highest BCUT2D eigenvalue weighted by atomic mass is 35.5. The number of halogens is 2. The topological polar surface area (TPSA) is 49.8 Å². The van der Waals surface area contributed by atoms with Gasteiger partial charge in [-0.3, -0.25) is 0 Å². The van der Waals surface area contributed by atoms with E-state index in [1.165, 1.54) is 6.07 Å². The lowest BCUT2D eigenvalue weighted by molar-refractivity contribution is 0.525. The van der Waals surface area contributed by atoms with Crippen LogP contribution in [0.2, 0.25) is 5.02 Å². The molecule has 0 aromatic heterocycles. The monoisotopic (exact) mass is 226 g/mol. The normalized spacial score (nSPS) is 11.2. The van der Waals surface area contributed by atoms with Crippen molar-refractivity contribution in [2.45, 2.75) is 26.2 Å². The summed E-state index contributed by atoms with van der Waals surface area (Å²) in [5.41, 5.74) is 5.45. The van der Waals surface area contributed by atoms with Gasteiger partial charge < -0.3 is 5.73 Å². The van der Waals surface area contributed by atoms with E-state index in [0.29, 0.717) is 5.56 Å². The van der Waals surface area contributed by atoms with E-state index in [9.17, 15) is 4.39 Å². The molecule has 0 fully saturated rings. The van der Waals surface area contributed by atoms with Crippen molar-refractivity contribution in [3.8, 4) is 6.07 Å². The fourth-order valence-corrected chi connectivity index (χ4v) is 1.86. The number of hydrogen-bond donors (Lipinski definition) is 1. The van der Waals surface area contributed by atoms with Crippen LogP contribution in [0.5, 0.6) is 0 Å².